The lowest BCUT2D eigenvalue weighted by molar-refractivity contribution is -0.186. The van der Waals surface area contributed by atoms with Crippen LogP contribution in [0.15, 0.2) is 47.6 Å². The molecule has 1 unspecified atom stereocenters. The zero-order chi connectivity index (χ0) is 24.4. The van der Waals surface area contributed by atoms with Crippen molar-refractivity contribution in [3.8, 4) is 11.5 Å². The van der Waals surface area contributed by atoms with E-state index in [1.807, 2.05) is 12.1 Å². The van der Waals surface area contributed by atoms with Crippen LogP contribution in [0.3, 0.4) is 0 Å². The van der Waals surface area contributed by atoms with Crippen molar-refractivity contribution < 1.29 is 28.1 Å². The van der Waals surface area contributed by atoms with Crippen LogP contribution in [0.1, 0.15) is 36.4 Å². The smallest absolute Gasteiger partial charge is 0.257 e. The number of hydrogen-bond acceptors (Lipinski definition) is 7. The molecular formula is C26H30FN3O5. The fourth-order valence-corrected chi connectivity index (χ4v) is 4.99. The fraction of sp³-hybridized carbons (Fsp3) is 0.462. The minimum absolute atomic E-state index is 0.103. The van der Waals surface area contributed by atoms with Crippen molar-refractivity contribution in [1.29, 1.82) is 0 Å². The number of hydrazone groups is 1. The Balaban J connectivity index is 1.38. The Hall–Kier alpha value is -3.01. The molecule has 0 radical (unpaired) electrons. The molecule has 1 spiro atoms. The highest BCUT2D eigenvalue weighted by Gasteiger charge is 2.41. The molecule has 0 aliphatic carbocycles. The van der Waals surface area contributed by atoms with Gasteiger partial charge in [-0.3, -0.25) is 9.69 Å². The summed E-state index contributed by atoms with van der Waals surface area (Å²) in [5.74, 6) is 0.388. The Kier molecular flexibility index (Phi) is 6.73. The summed E-state index contributed by atoms with van der Waals surface area (Å²) in [4.78, 5) is 15.7. The molecular weight excluding hydrogens is 453 g/mol. The van der Waals surface area contributed by atoms with E-state index < -0.39 is 5.79 Å². The normalized spacial score (nSPS) is 21.9. The third-order valence-corrected chi connectivity index (χ3v) is 6.93. The molecule has 5 rings (SSSR count). The van der Waals surface area contributed by atoms with E-state index in [-0.39, 0.29) is 24.3 Å². The van der Waals surface area contributed by atoms with Crippen molar-refractivity contribution in [2.75, 3.05) is 47.1 Å². The van der Waals surface area contributed by atoms with Gasteiger partial charge < -0.3 is 18.9 Å². The van der Waals surface area contributed by atoms with E-state index in [0.717, 1.165) is 29.7 Å². The lowest BCUT2D eigenvalue weighted by Gasteiger charge is -2.37. The van der Waals surface area contributed by atoms with Crippen LogP contribution in [0.4, 0.5) is 4.39 Å². The highest BCUT2D eigenvalue weighted by atomic mass is 19.1. The lowest BCUT2D eigenvalue weighted by Crippen LogP contribution is -2.48. The van der Waals surface area contributed by atoms with Gasteiger partial charge in [-0.15, -0.1) is 0 Å². The number of carbonyl (C=O) groups excluding carboxylic acids is 1. The first-order chi connectivity index (χ1) is 17.0. The summed E-state index contributed by atoms with van der Waals surface area (Å²) in [5.41, 5.74) is 2.36. The number of methoxy groups -OCH3 is 2. The predicted octanol–water partition coefficient (Wildman–Crippen LogP) is 3.36. The van der Waals surface area contributed by atoms with E-state index in [1.54, 1.807) is 37.4 Å². The summed E-state index contributed by atoms with van der Waals surface area (Å²) in [5, 5.41) is 6.27. The molecule has 1 amide bonds. The van der Waals surface area contributed by atoms with Crippen molar-refractivity contribution in [2.45, 2.75) is 31.1 Å². The van der Waals surface area contributed by atoms with Crippen molar-refractivity contribution in [1.82, 2.24) is 9.91 Å². The van der Waals surface area contributed by atoms with Crippen molar-refractivity contribution >= 4 is 11.6 Å². The average Bonchev–Trinajstić information content (AvgIpc) is 3.53. The van der Waals surface area contributed by atoms with Crippen LogP contribution < -0.4 is 9.47 Å². The Morgan fingerprint density at radius 1 is 1.09 bits per heavy atom. The number of halogens is 1. The molecule has 3 heterocycles. The third kappa shape index (κ3) is 4.89. The molecule has 2 fully saturated rings. The number of amides is 1. The second-order valence-electron chi connectivity index (χ2n) is 9.00. The Morgan fingerprint density at radius 3 is 2.46 bits per heavy atom. The van der Waals surface area contributed by atoms with Crippen LogP contribution in [-0.4, -0.2) is 74.4 Å². The lowest BCUT2D eigenvalue weighted by atomic mass is 9.97. The Bertz CT molecular complexity index is 1090. The summed E-state index contributed by atoms with van der Waals surface area (Å²) < 4.78 is 36.1. The summed E-state index contributed by atoms with van der Waals surface area (Å²) in [6, 6.07) is 11.4. The van der Waals surface area contributed by atoms with Gasteiger partial charge in [-0.2, -0.15) is 5.10 Å². The van der Waals surface area contributed by atoms with E-state index in [2.05, 4.69) is 4.90 Å². The average molecular weight is 484 g/mol. The van der Waals surface area contributed by atoms with E-state index in [1.165, 1.54) is 12.1 Å². The number of carbonyl (C=O) groups is 1. The van der Waals surface area contributed by atoms with Gasteiger partial charge in [-0.25, -0.2) is 9.40 Å². The van der Waals surface area contributed by atoms with Crippen LogP contribution in [-0.2, 0) is 14.3 Å². The minimum Gasteiger partial charge on any atom is -0.497 e. The third-order valence-electron chi connectivity index (χ3n) is 6.93. The fourth-order valence-electron chi connectivity index (χ4n) is 4.99. The molecule has 8 nitrogen and oxygen atoms in total. The highest BCUT2D eigenvalue weighted by Crippen LogP contribution is 2.39. The van der Waals surface area contributed by atoms with Gasteiger partial charge in [-0.05, 0) is 29.8 Å². The zero-order valence-electron chi connectivity index (χ0n) is 20.0. The number of hydrogen-bond donors (Lipinski definition) is 0. The van der Waals surface area contributed by atoms with E-state index in [4.69, 9.17) is 24.0 Å². The summed E-state index contributed by atoms with van der Waals surface area (Å²) in [6.45, 7) is 2.92. The topological polar surface area (TPSA) is 72.8 Å². The molecule has 2 aromatic carbocycles. The molecule has 0 bridgehead atoms. The van der Waals surface area contributed by atoms with Gasteiger partial charge in [0.15, 0.2) is 5.79 Å². The maximum Gasteiger partial charge on any atom is 0.257 e. The van der Waals surface area contributed by atoms with Crippen molar-refractivity contribution in [2.24, 2.45) is 5.10 Å². The number of piperidine rings is 1. The first-order valence-corrected chi connectivity index (χ1v) is 11.9. The van der Waals surface area contributed by atoms with E-state index >= 15 is 0 Å². The van der Waals surface area contributed by atoms with Crippen molar-refractivity contribution in [3.63, 3.8) is 0 Å². The second-order valence-corrected chi connectivity index (χ2v) is 9.00. The summed E-state index contributed by atoms with van der Waals surface area (Å²) in [7, 11) is 3.19. The number of nitrogens with zero attached hydrogens (tertiary/aromatic N) is 3. The predicted molar refractivity (Wildman–Crippen MR) is 127 cm³/mol. The summed E-state index contributed by atoms with van der Waals surface area (Å²) in [6.07, 6.45) is 1.96. The molecule has 9 heteroatoms. The number of rotatable bonds is 6. The standard InChI is InChI=1S/C26H30FN3O5/c1-32-20-7-8-21(24(15-20)33-2)23-16-22(18-3-5-19(27)6-4-18)28-30(23)25(31)17-29-11-9-26(10-12-29)34-13-14-35-26/h3-8,15,23H,9-14,16-17H2,1-2H3. The SMILES string of the molecule is COc1ccc(C2CC(c3ccc(F)cc3)=NN2C(=O)CN2CCC3(CC2)OCCO3)c(OC)c1. The van der Waals surface area contributed by atoms with E-state index in [0.29, 0.717) is 44.2 Å². The van der Waals surface area contributed by atoms with Gasteiger partial charge in [0.05, 0.1) is 45.7 Å². The zero-order valence-corrected chi connectivity index (χ0v) is 20.0. The Labute approximate surface area is 204 Å². The van der Waals surface area contributed by atoms with Crippen molar-refractivity contribution in [3.05, 3.63) is 59.4 Å². The van der Waals surface area contributed by atoms with Gasteiger partial charge in [0.1, 0.15) is 17.3 Å². The van der Waals surface area contributed by atoms with Gasteiger partial charge in [0.25, 0.3) is 5.91 Å². The monoisotopic (exact) mass is 483 g/mol. The number of benzene rings is 2. The molecule has 2 saturated heterocycles. The van der Waals surface area contributed by atoms with Gasteiger partial charge in [-0.1, -0.05) is 12.1 Å². The second kappa shape index (κ2) is 9.93. The van der Waals surface area contributed by atoms with Crippen LogP contribution in [0, 0.1) is 5.82 Å². The molecule has 1 atom stereocenters. The molecule has 35 heavy (non-hydrogen) atoms. The molecule has 3 aliphatic rings. The van der Waals surface area contributed by atoms with Gasteiger partial charge in [0, 0.05) is 44.0 Å². The van der Waals surface area contributed by atoms with Crippen LogP contribution in [0.25, 0.3) is 0 Å². The highest BCUT2D eigenvalue weighted by molar-refractivity contribution is 6.03. The van der Waals surface area contributed by atoms with Gasteiger partial charge in [0.2, 0.25) is 0 Å². The summed E-state index contributed by atoms with van der Waals surface area (Å²) >= 11 is 0. The molecule has 2 aromatic rings. The maximum atomic E-state index is 13.6. The van der Waals surface area contributed by atoms with Crippen LogP contribution in [0.5, 0.6) is 11.5 Å². The van der Waals surface area contributed by atoms with Crippen LogP contribution >= 0.6 is 0 Å². The number of ether oxygens (including phenoxy) is 4. The molecule has 0 aromatic heterocycles. The minimum atomic E-state index is -0.486. The van der Waals surface area contributed by atoms with Crippen LogP contribution in [0.2, 0.25) is 0 Å². The number of likely N-dealkylation sites (tertiary alicyclic amines) is 1. The maximum absolute atomic E-state index is 13.6. The molecule has 0 saturated carbocycles. The molecule has 186 valence electrons. The first-order valence-electron chi connectivity index (χ1n) is 11.9. The Morgan fingerprint density at radius 2 is 1.80 bits per heavy atom. The van der Waals surface area contributed by atoms with Gasteiger partial charge >= 0.3 is 0 Å². The molecule has 0 N–H and O–H groups in total. The first kappa shape index (κ1) is 23.7. The largest absolute Gasteiger partial charge is 0.497 e. The van der Waals surface area contributed by atoms with E-state index in [9.17, 15) is 9.18 Å². The molecule has 3 aliphatic heterocycles. The quantitative estimate of drug-likeness (QED) is 0.628.